The van der Waals surface area contributed by atoms with E-state index in [1.54, 1.807) is 10.9 Å². The Balaban J connectivity index is 2.29. The lowest BCUT2D eigenvalue weighted by molar-refractivity contribution is -0.121. The third-order valence-corrected chi connectivity index (χ3v) is 2.73. The lowest BCUT2D eigenvalue weighted by Crippen LogP contribution is -2.35. The highest BCUT2D eigenvalue weighted by Crippen LogP contribution is 2.02. The average Bonchev–Trinajstić information content (AvgIpc) is 2.72. The summed E-state index contributed by atoms with van der Waals surface area (Å²) in [5.41, 5.74) is 1.07. The first-order chi connectivity index (χ1) is 8.15. The van der Waals surface area contributed by atoms with Gasteiger partial charge in [0.2, 0.25) is 5.91 Å². The molecule has 1 atom stereocenters. The molecule has 0 radical (unpaired) electrons. The number of aryl methyl sites for hydroxylation is 2. The number of carbonyl (C=O) groups excluding carboxylic acids is 1. The van der Waals surface area contributed by atoms with Gasteiger partial charge in [0.05, 0.1) is 6.20 Å². The van der Waals surface area contributed by atoms with E-state index in [9.17, 15) is 4.79 Å². The second kappa shape index (κ2) is 7.06. The Morgan fingerprint density at radius 3 is 2.94 bits per heavy atom. The van der Waals surface area contributed by atoms with Crippen LogP contribution < -0.4 is 5.32 Å². The largest absolute Gasteiger partial charge is 0.396 e. The highest BCUT2D eigenvalue weighted by atomic mass is 16.3. The van der Waals surface area contributed by atoms with Crippen molar-refractivity contribution in [3.05, 3.63) is 18.0 Å². The van der Waals surface area contributed by atoms with E-state index >= 15 is 0 Å². The quantitative estimate of drug-likeness (QED) is 0.733. The van der Waals surface area contributed by atoms with E-state index in [0.717, 1.165) is 12.0 Å². The SMILES string of the molecule is CCC(CCO)NC(=O)CCc1cnn(C)c1. The number of carbonyl (C=O) groups is 1. The zero-order valence-electron chi connectivity index (χ0n) is 10.5. The minimum absolute atomic E-state index is 0.0363. The summed E-state index contributed by atoms with van der Waals surface area (Å²) in [4.78, 5) is 11.6. The van der Waals surface area contributed by atoms with Gasteiger partial charge in [-0.05, 0) is 24.8 Å². The van der Waals surface area contributed by atoms with Crippen LogP contribution >= 0.6 is 0 Å². The molecule has 5 nitrogen and oxygen atoms in total. The van der Waals surface area contributed by atoms with Gasteiger partial charge in [0.25, 0.3) is 0 Å². The van der Waals surface area contributed by atoms with Gasteiger partial charge in [0, 0.05) is 32.3 Å². The molecule has 1 rings (SSSR count). The van der Waals surface area contributed by atoms with Crippen molar-refractivity contribution >= 4 is 5.91 Å². The van der Waals surface area contributed by atoms with Crippen molar-refractivity contribution < 1.29 is 9.90 Å². The Morgan fingerprint density at radius 2 is 2.41 bits per heavy atom. The zero-order valence-corrected chi connectivity index (χ0v) is 10.5. The summed E-state index contributed by atoms with van der Waals surface area (Å²) in [6.45, 7) is 2.11. The van der Waals surface area contributed by atoms with Gasteiger partial charge >= 0.3 is 0 Å². The summed E-state index contributed by atoms with van der Waals surface area (Å²) >= 11 is 0. The van der Waals surface area contributed by atoms with Crippen molar-refractivity contribution in [2.45, 2.75) is 38.6 Å². The molecule has 0 bridgehead atoms. The molecule has 1 aromatic rings. The third kappa shape index (κ3) is 4.99. The third-order valence-electron chi connectivity index (χ3n) is 2.73. The molecular weight excluding hydrogens is 218 g/mol. The van der Waals surface area contributed by atoms with Crippen LogP contribution in [-0.4, -0.2) is 33.4 Å². The topological polar surface area (TPSA) is 67.2 Å². The van der Waals surface area contributed by atoms with Crippen LogP contribution in [0.15, 0.2) is 12.4 Å². The summed E-state index contributed by atoms with van der Waals surface area (Å²) in [5.74, 6) is 0.0363. The van der Waals surface area contributed by atoms with Crippen molar-refractivity contribution in [2.24, 2.45) is 7.05 Å². The highest BCUT2D eigenvalue weighted by Gasteiger charge is 2.10. The van der Waals surface area contributed by atoms with Gasteiger partial charge in [-0.25, -0.2) is 0 Å². The van der Waals surface area contributed by atoms with Crippen LogP contribution in [0.25, 0.3) is 0 Å². The van der Waals surface area contributed by atoms with Gasteiger partial charge in [0.15, 0.2) is 0 Å². The van der Waals surface area contributed by atoms with E-state index in [1.807, 2.05) is 20.2 Å². The van der Waals surface area contributed by atoms with E-state index in [-0.39, 0.29) is 18.6 Å². The Hall–Kier alpha value is -1.36. The lowest BCUT2D eigenvalue weighted by atomic mass is 10.1. The second-order valence-corrected chi connectivity index (χ2v) is 4.21. The summed E-state index contributed by atoms with van der Waals surface area (Å²) in [7, 11) is 1.86. The normalized spacial score (nSPS) is 12.4. The molecule has 1 aromatic heterocycles. The highest BCUT2D eigenvalue weighted by molar-refractivity contribution is 5.76. The standard InChI is InChI=1S/C12H21N3O2/c1-3-11(6-7-16)14-12(17)5-4-10-8-13-15(2)9-10/h8-9,11,16H,3-7H2,1-2H3,(H,14,17). The predicted octanol–water partition coefficient (Wildman–Crippen LogP) is 0.630. The number of hydrogen-bond acceptors (Lipinski definition) is 3. The molecule has 17 heavy (non-hydrogen) atoms. The van der Waals surface area contributed by atoms with Gasteiger partial charge in [-0.3, -0.25) is 9.48 Å². The number of aliphatic hydroxyl groups excluding tert-OH is 1. The Labute approximate surface area is 102 Å². The number of aromatic nitrogens is 2. The summed E-state index contributed by atoms with van der Waals surface area (Å²) in [6, 6.07) is 0.0846. The van der Waals surface area contributed by atoms with Gasteiger partial charge in [-0.15, -0.1) is 0 Å². The summed E-state index contributed by atoms with van der Waals surface area (Å²) in [6.07, 6.45) is 6.33. The van der Waals surface area contributed by atoms with Crippen LogP contribution in [0.1, 0.15) is 31.7 Å². The Morgan fingerprint density at radius 1 is 1.65 bits per heavy atom. The number of amides is 1. The Bertz CT molecular complexity index is 349. The van der Waals surface area contributed by atoms with Crippen molar-refractivity contribution in [3.8, 4) is 0 Å². The number of hydrogen-bond donors (Lipinski definition) is 2. The molecule has 0 fully saturated rings. The fourth-order valence-corrected chi connectivity index (χ4v) is 1.69. The van der Waals surface area contributed by atoms with Gasteiger partial charge < -0.3 is 10.4 Å². The maximum atomic E-state index is 11.6. The molecule has 96 valence electrons. The summed E-state index contributed by atoms with van der Waals surface area (Å²) < 4.78 is 1.73. The monoisotopic (exact) mass is 239 g/mol. The van der Waals surface area contributed by atoms with Crippen LogP contribution in [0.3, 0.4) is 0 Å². The summed E-state index contributed by atoms with van der Waals surface area (Å²) in [5, 5.41) is 15.8. The van der Waals surface area contributed by atoms with E-state index in [0.29, 0.717) is 19.3 Å². The first kappa shape index (κ1) is 13.7. The molecule has 1 amide bonds. The fraction of sp³-hybridized carbons (Fsp3) is 0.667. The number of nitrogens with one attached hydrogen (secondary N) is 1. The molecule has 1 unspecified atom stereocenters. The number of nitrogens with zero attached hydrogens (tertiary/aromatic N) is 2. The smallest absolute Gasteiger partial charge is 0.220 e. The number of aliphatic hydroxyl groups is 1. The van der Waals surface area contributed by atoms with Crippen LogP contribution in [-0.2, 0) is 18.3 Å². The molecule has 0 saturated heterocycles. The molecule has 2 N–H and O–H groups in total. The van der Waals surface area contributed by atoms with Crippen molar-refractivity contribution in [3.63, 3.8) is 0 Å². The molecule has 0 saturated carbocycles. The first-order valence-electron chi connectivity index (χ1n) is 6.03. The lowest BCUT2D eigenvalue weighted by Gasteiger charge is -2.15. The van der Waals surface area contributed by atoms with E-state index in [2.05, 4.69) is 10.4 Å². The first-order valence-corrected chi connectivity index (χ1v) is 6.03. The van der Waals surface area contributed by atoms with Crippen molar-refractivity contribution in [1.82, 2.24) is 15.1 Å². The van der Waals surface area contributed by atoms with Crippen molar-refractivity contribution in [2.75, 3.05) is 6.61 Å². The molecule has 1 heterocycles. The molecule has 0 aromatic carbocycles. The number of rotatable bonds is 7. The van der Waals surface area contributed by atoms with E-state index < -0.39 is 0 Å². The second-order valence-electron chi connectivity index (χ2n) is 4.21. The van der Waals surface area contributed by atoms with Crippen LogP contribution in [0, 0.1) is 0 Å². The van der Waals surface area contributed by atoms with Crippen LogP contribution in [0.5, 0.6) is 0 Å². The maximum Gasteiger partial charge on any atom is 0.220 e. The molecule has 0 aliphatic heterocycles. The zero-order chi connectivity index (χ0) is 12.7. The molecule has 0 aliphatic rings. The minimum atomic E-state index is 0.0363. The fourth-order valence-electron chi connectivity index (χ4n) is 1.69. The molecule has 0 spiro atoms. The van der Waals surface area contributed by atoms with Gasteiger partial charge in [-0.1, -0.05) is 6.92 Å². The van der Waals surface area contributed by atoms with Crippen molar-refractivity contribution in [1.29, 1.82) is 0 Å². The molecule has 5 heteroatoms. The van der Waals surface area contributed by atoms with Crippen LogP contribution in [0.2, 0.25) is 0 Å². The van der Waals surface area contributed by atoms with Crippen LogP contribution in [0.4, 0.5) is 0 Å². The maximum absolute atomic E-state index is 11.6. The predicted molar refractivity (Wildman–Crippen MR) is 65.5 cm³/mol. The average molecular weight is 239 g/mol. The van der Waals surface area contributed by atoms with E-state index in [4.69, 9.17) is 5.11 Å². The van der Waals surface area contributed by atoms with E-state index in [1.165, 1.54) is 0 Å². The minimum Gasteiger partial charge on any atom is -0.396 e. The van der Waals surface area contributed by atoms with Gasteiger partial charge in [-0.2, -0.15) is 5.10 Å². The molecule has 0 aliphatic carbocycles. The van der Waals surface area contributed by atoms with Gasteiger partial charge in [0.1, 0.15) is 0 Å². The Kier molecular flexibility index (Phi) is 5.69. The molecular formula is C12H21N3O2.